The number of nitrogens with one attached hydrogen (secondary N) is 1. The largest absolute Gasteiger partial charge is 0.351 e. The van der Waals surface area contributed by atoms with Crippen LogP contribution in [0.15, 0.2) is 22.7 Å². The van der Waals surface area contributed by atoms with Crippen molar-refractivity contribution in [3.05, 3.63) is 33.3 Å². The Morgan fingerprint density at radius 3 is 2.79 bits per heavy atom. The molecular formula is C9H8BrCl2NO. The molecule has 0 heterocycles. The summed E-state index contributed by atoms with van der Waals surface area (Å²) >= 11 is 14.5. The number of benzene rings is 1. The lowest BCUT2D eigenvalue weighted by Gasteiger charge is -2.03. The minimum atomic E-state index is -0.167. The zero-order valence-electron chi connectivity index (χ0n) is 7.19. The molecule has 0 fully saturated rings. The number of carbonyl (C=O) groups excluding carboxylic acids is 1. The van der Waals surface area contributed by atoms with Gasteiger partial charge in [-0.1, -0.05) is 11.6 Å². The standard InChI is InChI=1S/C9H8BrCl2NO/c10-7-2-1-6(5-8(7)12)9(14)13-4-3-11/h1-2,5H,3-4H2,(H,13,14). The van der Waals surface area contributed by atoms with Crippen LogP contribution in [-0.2, 0) is 0 Å². The molecule has 1 aromatic carbocycles. The SMILES string of the molecule is O=C(NCCCl)c1ccc(Br)c(Cl)c1. The van der Waals surface area contributed by atoms with E-state index in [1.807, 2.05) is 0 Å². The summed E-state index contributed by atoms with van der Waals surface area (Å²) in [7, 11) is 0. The van der Waals surface area contributed by atoms with Gasteiger partial charge in [0, 0.05) is 22.5 Å². The van der Waals surface area contributed by atoms with Gasteiger partial charge in [-0.05, 0) is 34.1 Å². The fourth-order valence-electron chi connectivity index (χ4n) is 0.900. The maximum atomic E-state index is 11.4. The number of hydrogen-bond acceptors (Lipinski definition) is 1. The van der Waals surface area contributed by atoms with Gasteiger partial charge in [0.2, 0.25) is 0 Å². The second-order valence-corrected chi connectivity index (χ2v) is 4.21. The van der Waals surface area contributed by atoms with Crippen molar-refractivity contribution < 1.29 is 4.79 Å². The van der Waals surface area contributed by atoms with Crippen molar-refractivity contribution in [1.82, 2.24) is 5.32 Å². The summed E-state index contributed by atoms with van der Waals surface area (Å²) in [6, 6.07) is 5.03. The van der Waals surface area contributed by atoms with Gasteiger partial charge in [0.25, 0.3) is 5.91 Å². The highest BCUT2D eigenvalue weighted by molar-refractivity contribution is 9.10. The summed E-state index contributed by atoms with van der Waals surface area (Å²) in [6.45, 7) is 0.452. The van der Waals surface area contributed by atoms with Gasteiger partial charge in [-0.25, -0.2) is 0 Å². The van der Waals surface area contributed by atoms with Crippen molar-refractivity contribution >= 4 is 45.0 Å². The smallest absolute Gasteiger partial charge is 0.251 e. The fraction of sp³-hybridized carbons (Fsp3) is 0.222. The summed E-state index contributed by atoms with van der Waals surface area (Å²) in [4.78, 5) is 11.4. The molecule has 14 heavy (non-hydrogen) atoms. The molecule has 0 aliphatic rings. The van der Waals surface area contributed by atoms with Gasteiger partial charge >= 0.3 is 0 Å². The lowest BCUT2D eigenvalue weighted by Crippen LogP contribution is -2.25. The molecule has 0 atom stereocenters. The Bertz CT molecular complexity index is 344. The quantitative estimate of drug-likeness (QED) is 0.854. The van der Waals surface area contributed by atoms with E-state index < -0.39 is 0 Å². The van der Waals surface area contributed by atoms with Gasteiger partial charge in [-0.15, -0.1) is 11.6 Å². The van der Waals surface area contributed by atoms with Gasteiger partial charge < -0.3 is 5.32 Å². The monoisotopic (exact) mass is 295 g/mol. The number of rotatable bonds is 3. The highest BCUT2D eigenvalue weighted by atomic mass is 79.9. The van der Waals surface area contributed by atoms with Crippen LogP contribution in [0.25, 0.3) is 0 Å². The van der Waals surface area contributed by atoms with E-state index in [0.717, 1.165) is 4.47 Å². The fourth-order valence-corrected chi connectivity index (χ4v) is 1.42. The van der Waals surface area contributed by atoms with E-state index in [1.54, 1.807) is 18.2 Å². The molecule has 1 N–H and O–H groups in total. The molecule has 76 valence electrons. The first-order valence-corrected chi connectivity index (χ1v) is 5.65. The molecule has 0 aliphatic carbocycles. The van der Waals surface area contributed by atoms with Crippen LogP contribution in [-0.4, -0.2) is 18.3 Å². The Hall–Kier alpha value is -0.250. The molecule has 1 rings (SSSR count). The summed E-state index contributed by atoms with van der Waals surface area (Å²) in [5.41, 5.74) is 0.531. The van der Waals surface area contributed by atoms with Crippen molar-refractivity contribution in [3.8, 4) is 0 Å². The molecule has 0 aromatic heterocycles. The summed E-state index contributed by atoms with van der Waals surface area (Å²) < 4.78 is 0.771. The summed E-state index contributed by atoms with van der Waals surface area (Å²) in [5.74, 6) is 0.232. The van der Waals surface area contributed by atoms with Crippen molar-refractivity contribution in [2.75, 3.05) is 12.4 Å². The molecule has 0 saturated carbocycles. The number of hydrogen-bond donors (Lipinski definition) is 1. The topological polar surface area (TPSA) is 29.1 Å². The van der Waals surface area contributed by atoms with Gasteiger partial charge in [0.05, 0.1) is 5.02 Å². The maximum absolute atomic E-state index is 11.4. The third kappa shape index (κ3) is 3.15. The van der Waals surface area contributed by atoms with Crippen molar-refractivity contribution in [2.45, 2.75) is 0 Å². The first-order chi connectivity index (χ1) is 6.65. The van der Waals surface area contributed by atoms with E-state index in [1.165, 1.54) is 0 Å². The lowest BCUT2D eigenvalue weighted by atomic mass is 10.2. The normalized spacial score (nSPS) is 9.93. The predicted molar refractivity (Wildman–Crippen MR) is 62.2 cm³/mol. The van der Waals surface area contributed by atoms with Crippen LogP contribution in [0.1, 0.15) is 10.4 Å². The Labute approximate surface area is 101 Å². The Morgan fingerprint density at radius 2 is 2.21 bits per heavy atom. The van der Waals surface area contributed by atoms with Gasteiger partial charge in [0.1, 0.15) is 0 Å². The van der Waals surface area contributed by atoms with Crippen LogP contribution in [0.2, 0.25) is 5.02 Å². The van der Waals surface area contributed by atoms with E-state index in [0.29, 0.717) is 23.0 Å². The number of halogens is 3. The lowest BCUT2D eigenvalue weighted by molar-refractivity contribution is 0.0956. The maximum Gasteiger partial charge on any atom is 0.251 e. The van der Waals surface area contributed by atoms with Crippen LogP contribution in [0.3, 0.4) is 0 Å². The van der Waals surface area contributed by atoms with Crippen LogP contribution in [0.4, 0.5) is 0 Å². The van der Waals surface area contributed by atoms with Crippen molar-refractivity contribution in [3.63, 3.8) is 0 Å². The van der Waals surface area contributed by atoms with Crippen LogP contribution in [0.5, 0.6) is 0 Å². The third-order valence-corrected chi connectivity index (χ3v) is 2.98. The Kier molecular flexibility index (Phi) is 4.72. The molecule has 5 heteroatoms. The average molecular weight is 297 g/mol. The second-order valence-electron chi connectivity index (χ2n) is 2.57. The molecule has 0 unspecified atom stereocenters. The minimum Gasteiger partial charge on any atom is -0.351 e. The van der Waals surface area contributed by atoms with E-state index in [2.05, 4.69) is 21.2 Å². The number of amides is 1. The third-order valence-electron chi connectivity index (χ3n) is 1.56. The van der Waals surface area contributed by atoms with Crippen LogP contribution >= 0.6 is 39.1 Å². The molecule has 0 saturated heterocycles. The van der Waals surface area contributed by atoms with Crippen molar-refractivity contribution in [1.29, 1.82) is 0 Å². The zero-order chi connectivity index (χ0) is 10.6. The highest BCUT2D eigenvalue weighted by Gasteiger charge is 2.06. The molecular weight excluding hydrogens is 289 g/mol. The molecule has 0 radical (unpaired) electrons. The zero-order valence-corrected chi connectivity index (χ0v) is 10.3. The molecule has 2 nitrogen and oxygen atoms in total. The molecule has 1 aromatic rings. The Morgan fingerprint density at radius 1 is 1.50 bits per heavy atom. The highest BCUT2D eigenvalue weighted by Crippen LogP contribution is 2.22. The van der Waals surface area contributed by atoms with Gasteiger partial charge in [0.15, 0.2) is 0 Å². The van der Waals surface area contributed by atoms with Gasteiger partial charge in [-0.2, -0.15) is 0 Å². The van der Waals surface area contributed by atoms with Crippen molar-refractivity contribution in [2.24, 2.45) is 0 Å². The van der Waals surface area contributed by atoms with E-state index in [9.17, 15) is 4.79 Å². The van der Waals surface area contributed by atoms with E-state index in [4.69, 9.17) is 23.2 Å². The molecule has 1 amide bonds. The minimum absolute atomic E-state index is 0.167. The molecule has 0 bridgehead atoms. The molecule has 0 aliphatic heterocycles. The second kappa shape index (κ2) is 5.59. The number of alkyl halides is 1. The average Bonchev–Trinajstić information content (AvgIpc) is 2.18. The van der Waals surface area contributed by atoms with E-state index in [-0.39, 0.29) is 5.91 Å². The van der Waals surface area contributed by atoms with E-state index >= 15 is 0 Å². The van der Waals surface area contributed by atoms with Gasteiger partial charge in [-0.3, -0.25) is 4.79 Å². The summed E-state index contributed by atoms with van der Waals surface area (Å²) in [5, 5.41) is 3.17. The number of carbonyl (C=O) groups is 1. The molecule has 0 spiro atoms. The first kappa shape index (κ1) is 11.8. The predicted octanol–water partition coefficient (Wildman–Crippen LogP) is 3.07. The summed E-state index contributed by atoms with van der Waals surface area (Å²) in [6.07, 6.45) is 0. The Balaban J connectivity index is 2.76. The van der Waals surface area contributed by atoms with Crippen LogP contribution in [0, 0.1) is 0 Å². The first-order valence-electron chi connectivity index (χ1n) is 3.94. The van der Waals surface area contributed by atoms with Crippen LogP contribution < -0.4 is 5.32 Å².